The Labute approximate surface area is 160 Å². The molecule has 0 saturated heterocycles. The van der Waals surface area contributed by atoms with Crippen molar-refractivity contribution in [3.8, 4) is 5.75 Å². The van der Waals surface area contributed by atoms with E-state index in [4.69, 9.17) is 4.74 Å². The Balaban J connectivity index is 1.76. The van der Waals surface area contributed by atoms with E-state index < -0.39 is 0 Å². The third kappa shape index (κ3) is 4.48. The Kier molecular flexibility index (Phi) is 5.77. The molecule has 0 atom stereocenters. The third-order valence-corrected chi connectivity index (χ3v) is 4.74. The number of aromatic nitrogens is 2. The van der Waals surface area contributed by atoms with Crippen molar-refractivity contribution >= 4 is 34.0 Å². The van der Waals surface area contributed by atoms with E-state index in [1.807, 2.05) is 6.92 Å². The van der Waals surface area contributed by atoms with E-state index in [1.54, 1.807) is 55.6 Å². The molecule has 0 fully saturated rings. The topological polar surface area (TPSA) is 93.2 Å². The van der Waals surface area contributed by atoms with Crippen molar-refractivity contribution in [2.75, 3.05) is 17.7 Å². The number of carbonyl (C=O) groups is 2. The second-order valence-corrected chi connectivity index (χ2v) is 6.60. The molecular weight excluding hydrogens is 364 g/mol. The molecule has 138 valence electrons. The summed E-state index contributed by atoms with van der Waals surface area (Å²) in [5, 5.41) is 14.7. The largest absolute Gasteiger partial charge is 0.497 e. The number of aryl methyl sites for hydroxylation is 1. The van der Waals surface area contributed by atoms with Crippen LogP contribution in [0.5, 0.6) is 5.75 Å². The summed E-state index contributed by atoms with van der Waals surface area (Å²) in [5.74, 6) is -0.0173. The summed E-state index contributed by atoms with van der Waals surface area (Å²) in [6.07, 6.45) is 0.752. The van der Waals surface area contributed by atoms with E-state index in [0.717, 1.165) is 11.4 Å². The van der Waals surface area contributed by atoms with Crippen LogP contribution in [0.4, 0.5) is 10.8 Å². The van der Waals surface area contributed by atoms with Crippen molar-refractivity contribution in [1.82, 2.24) is 10.2 Å². The van der Waals surface area contributed by atoms with Gasteiger partial charge in [0.15, 0.2) is 0 Å². The fourth-order valence-corrected chi connectivity index (χ4v) is 3.01. The van der Waals surface area contributed by atoms with Gasteiger partial charge in [-0.15, -0.1) is 10.2 Å². The summed E-state index contributed by atoms with van der Waals surface area (Å²) in [5.41, 5.74) is 1.21. The number of methoxy groups -OCH3 is 1. The van der Waals surface area contributed by atoms with E-state index in [-0.39, 0.29) is 11.8 Å². The van der Waals surface area contributed by atoms with Gasteiger partial charge >= 0.3 is 0 Å². The number of hydrogen-bond donors (Lipinski definition) is 2. The maximum absolute atomic E-state index is 12.6. The molecule has 2 N–H and O–H groups in total. The molecule has 3 rings (SSSR count). The number of ether oxygens (including phenoxy) is 1. The lowest BCUT2D eigenvalue weighted by Crippen LogP contribution is -2.18. The fraction of sp³-hybridized carbons (Fsp3) is 0.158. The lowest BCUT2D eigenvalue weighted by molar-refractivity contribution is 0.102. The van der Waals surface area contributed by atoms with Crippen LogP contribution in [0, 0.1) is 0 Å². The molecule has 1 heterocycles. The molecule has 0 aliphatic rings. The molecule has 0 bridgehead atoms. The quantitative estimate of drug-likeness (QED) is 0.679. The van der Waals surface area contributed by atoms with Gasteiger partial charge in [-0.05, 0) is 42.8 Å². The zero-order valence-electron chi connectivity index (χ0n) is 14.9. The molecule has 7 nitrogen and oxygen atoms in total. The van der Waals surface area contributed by atoms with Gasteiger partial charge in [-0.3, -0.25) is 14.9 Å². The lowest BCUT2D eigenvalue weighted by Gasteiger charge is -2.10. The summed E-state index contributed by atoms with van der Waals surface area (Å²) in [6.45, 7) is 1.97. The van der Waals surface area contributed by atoms with Gasteiger partial charge in [-0.25, -0.2) is 0 Å². The predicted octanol–water partition coefficient (Wildman–Crippen LogP) is 3.61. The highest BCUT2D eigenvalue weighted by molar-refractivity contribution is 7.15. The first-order chi connectivity index (χ1) is 13.1. The first-order valence-corrected chi connectivity index (χ1v) is 9.10. The van der Waals surface area contributed by atoms with Crippen molar-refractivity contribution in [3.63, 3.8) is 0 Å². The van der Waals surface area contributed by atoms with Gasteiger partial charge < -0.3 is 10.1 Å². The van der Waals surface area contributed by atoms with Crippen molar-refractivity contribution < 1.29 is 14.3 Å². The number of nitrogens with one attached hydrogen (secondary N) is 2. The lowest BCUT2D eigenvalue weighted by atomic mass is 10.1. The monoisotopic (exact) mass is 382 g/mol. The molecule has 0 spiro atoms. The van der Waals surface area contributed by atoms with E-state index >= 15 is 0 Å². The van der Waals surface area contributed by atoms with Gasteiger partial charge in [-0.1, -0.05) is 30.4 Å². The molecule has 1 aromatic heterocycles. The van der Waals surface area contributed by atoms with Gasteiger partial charge in [0.25, 0.3) is 11.8 Å². The SMILES string of the molecule is CCc1nnc(NC(=O)c2ccccc2NC(=O)c2ccc(OC)cc2)s1. The molecule has 27 heavy (non-hydrogen) atoms. The standard InChI is InChI=1S/C19H18N4O3S/c1-3-16-22-23-19(27-16)21-18(25)14-6-4-5-7-15(14)20-17(24)12-8-10-13(26-2)11-9-12/h4-11H,3H2,1-2H3,(H,20,24)(H,21,23,25). The van der Waals surface area contributed by atoms with E-state index in [1.165, 1.54) is 11.3 Å². The summed E-state index contributed by atoms with van der Waals surface area (Å²) in [7, 11) is 1.56. The Hall–Kier alpha value is -3.26. The minimum Gasteiger partial charge on any atom is -0.497 e. The number of hydrogen-bond acceptors (Lipinski definition) is 6. The second-order valence-electron chi connectivity index (χ2n) is 5.54. The zero-order valence-corrected chi connectivity index (χ0v) is 15.7. The number of para-hydroxylation sites is 1. The normalized spacial score (nSPS) is 10.3. The van der Waals surface area contributed by atoms with Gasteiger partial charge in [-0.2, -0.15) is 0 Å². The van der Waals surface area contributed by atoms with E-state index in [9.17, 15) is 9.59 Å². The van der Waals surface area contributed by atoms with Gasteiger partial charge in [0.1, 0.15) is 10.8 Å². The molecule has 0 aliphatic carbocycles. The number of benzene rings is 2. The van der Waals surface area contributed by atoms with Crippen molar-refractivity contribution in [2.45, 2.75) is 13.3 Å². The Morgan fingerprint density at radius 1 is 1.00 bits per heavy atom. The highest BCUT2D eigenvalue weighted by Gasteiger charge is 2.16. The smallest absolute Gasteiger partial charge is 0.259 e. The minimum atomic E-state index is -0.362. The average molecular weight is 382 g/mol. The molecule has 0 radical (unpaired) electrons. The van der Waals surface area contributed by atoms with Crippen molar-refractivity contribution in [2.24, 2.45) is 0 Å². The number of rotatable bonds is 6. The first-order valence-electron chi connectivity index (χ1n) is 8.29. The highest BCUT2D eigenvalue weighted by Crippen LogP contribution is 2.21. The Bertz CT molecular complexity index is 954. The number of anilines is 2. The number of carbonyl (C=O) groups excluding carboxylic acids is 2. The van der Waals surface area contributed by atoms with Crippen LogP contribution in [-0.4, -0.2) is 29.1 Å². The molecule has 2 aromatic carbocycles. The summed E-state index contributed by atoms with van der Waals surface area (Å²) >= 11 is 1.32. The molecule has 0 saturated carbocycles. The van der Waals surface area contributed by atoms with Crippen LogP contribution in [-0.2, 0) is 6.42 Å². The van der Waals surface area contributed by atoms with Gasteiger partial charge in [0.05, 0.1) is 18.4 Å². The fourth-order valence-electron chi connectivity index (χ4n) is 2.34. The summed E-state index contributed by atoms with van der Waals surface area (Å²) < 4.78 is 5.09. The highest BCUT2D eigenvalue weighted by atomic mass is 32.1. The molecule has 2 amide bonds. The van der Waals surface area contributed by atoms with Crippen LogP contribution in [0.25, 0.3) is 0 Å². The maximum atomic E-state index is 12.6. The van der Waals surface area contributed by atoms with Crippen LogP contribution in [0.2, 0.25) is 0 Å². The maximum Gasteiger partial charge on any atom is 0.259 e. The van der Waals surface area contributed by atoms with E-state index in [0.29, 0.717) is 27.7 Å². The molecular formula is C19H18N4O3S. The summed E-state index contributed by atoms with van der Waals surface area (Å²) in [4.78, 5) is 25.1. The van der Waals surface area contributed by atoms with E-state index in [2.05, 4.69) is 20.8 Å². The number of amides is 2. The van der Waals surface area contributed by atoms with Gasteiger partial charge in [0.2, 0.25) is 5.13 Å². The Morgan fingerprint density at radius 2 is 1.74 bits per heavy atom. The van der Waals surface area contributed by atoms with Crippen molar-refractivity contribution in [1.29, 1.82) is 0 Å². The minimum absolute atomic E-state index is 0.318. The second kappa shape index (κ2) is 8.41. The predicted molar refractivity (Wildman–Crippen MR) is 105 cm³/mol. The van der Waals surface area contributed by atoms with Crippen LogP contribution in [0.15, 0.2) is 48.5 Å². The van der Waals surface area contributed by atoms with Gasteiger partial charge in [0, 0.05) is 5.56 Å². The van der Waals surface area contributed by atoms with Crippen LogP contribution in [0.1, 0.15) is 32.6 Å². The van der Waals surface area contributed by atoms with Crippen LogP contribution >= 0.6 is 11.3 Å². The molecule has 3 aromatic rings. The summed E-state index contributed by atoms with van der Waals surface area (Å²) in [6, 6.07) is 13.5. The number of nitrogens with zero attached hydrogens (tertiary/aromatic N) is 2. The Morgan fingerprint density at radius 3 is 2.41 bits per heavy atom. The average Bonchev–Trinajstić information content (AvgIpc) is 3.16. The first kappa shape index (κ1) is 18.5. The third-order valence-electron chi connectivity index (χ3n) is 3.76. The molecule has 0 unspecified atom stereocenters. The van der Waals surface area contributed by atoms with Crippen LogP contribution < -0.4 is 15.4 Å². The zero-order chi connectivity index (χ0) is 19.2. The van der Waals surface area contributed by atoms with Crippen molar-refractivity contribution in [3.05, 3.63) is 64.7 Å². The van der Waals surface area contributed by atoms with Crippen LogP contribution in [0.3, 0.4) is 0 Å². The molecule has 0 aliphatic heterocycles. The molecule has 8 heteroatoms.